The van der Waals surface area contributed by atoms with Crippen molar-refractivity contribution in [2.45, 2.75) is 39.7 Å². The van der Waals surface area contributed by atoms with E-state index in [0.29, 0.717) is 12.8 Å². The second-order valence-electron chi connectivity index (χ2n) is 5.56. The molecule has 0 aliphatic rings. The number of rotatable bonds is 6. The van der Waals surface area contributed by atoms with Gasteiger partial charge >= 0.3 is 0 Å². The molecule has 0 spiro atoms. The third-order valence-corrected chi connectivity index (χ3v) is 3.50. The summed E-state index contributed by atoms with van der Waals surface area (Å²) >= 11 is 0. The maximum absolute atomic E-state index is 12.0. The highest BCUT2D eigenvalue weighted by atomic mass is 16.2. The SMILES string of the molecule is Cc1cccc(NC(=O)CN(C)C(=O)CCC(C)N)c1C. The summed E-state index contributed by atoms with van der Waals surface area (Å²) in [6.45, 7) is 5.86. The van der Waals surface area contributed by atoms with Crippen LogP contribution in [0.15, 0.2) is 18.2 Å². The summed E-state index contributed by atoms with van der Waals surface area (Å²) in [5.41, 5.74) is 8.57. The van der Waals surface area contributed by atoms with Gasteiger partial charge in [-0.1, -0.05) is 12.1 Å². The maximum atomic E-state index is 12.0. The lowest BCUT2D eigenvalue weighted by molar-refractivity contribution is -0.133. The highest BCUT2D eigenvalue weighted by Crippen LogP contribution is 2.17. The first kappa shape index (κ1) is 17.2. The molecule has 21 heavy (non-hydrogen) atoms. The molecule has 2 amide bonds. The largest absolute Gasteiger partial charge is 0.336 e. The maximum Gasteiger partial charge on any atom is 0.243 e. The van der Waals surface area contributed by atoms with Crippen molar-refractivity contribution in [2.75, 3.05) is 18.9 Å². The van der Waals surface area contributed by atoms with Crippen LogP contribution in [0.3, 0.4) is 0 Å². The fraction of sp³-hybridized carbons (Fsp3) is 0.500. The van der Waals surface area contributed by atoms with Gasteiger partial charge in [-0.2, -0.15) is 0 Å². The molecule has 1 atom stereocenters. The van der Waals surface area contributed by atoms with E-state index in [1.54, 1.807) is 7.05 Å². The van der Waals surface area contributed by atoms with Gasteiger partial charge in [-0.25, -0.2) is 0 Å². The van der Waals surface area contributed by atoms with Crippen LogP contribution in [0.2, 0.25) is 0 Å². The van der Waals surface area contributed by atoms with Crippen molar-refractivity contribution in [1.29, 1.82) is 0 Å². The van der Waals surface area contributed by atoms with E-state index in [9.17, 15) is 9.59 Å². The minimum absolute atomic E-state index is 0.00822. The normalized spacial score (nSPS) is 11.9. The first-order valence-electron chi connectivity index (χ1n) is 7.17. The summed E-state index contributed by atoms with van der Waals surface area (Å²) < 4.78 is 0. The highest BCUT2D eigenvalue weighted by molar-refractivity contribution is 5.95. The molecule has 116 valence electrons. The van der Waals surface area contributed by atoms with Crippen LogP contribution in [0.25, 0.3) is 0 Å². The average Bonchev–Trinajstić information content (AvgIpc) is 2.41. The van der Waals surface area contributed by atoms with Gasteiger partial charge in [0.1, 0.15) is 0 Å². The Hall–Kier alpha value is -1.88. The monoisotopic (exact) mass is 291 g/mol. The van der Waals surface area contributed by atoms with Crippen molar-refractivity contribution in [3.8, 4) is 0 Å². The van der Waals surface area contributed by atoms with E-state index in [2.05, 4.69) is 5.32 Å². The predicted molar refractivity (Wildman–Crippen MR) is 85.1 cm³/mol. The lowest BCUT2D eigenvalue weighted by Gasteiger charge is -2.18. The van der Waals surface area contributed by atoms with Gasteiger partial charge in [-0.3, -0.25) is 9.59 Å². The predicted octanol–water partition coefficient (Wildman–Crippen LogP) is 1.83. The number of amides is 2. The molecule has 5 heteroatoms. The van der Waals surface area contributed by atoms with E-state index in [-0.39, 0.29) is 24.4 Å². The number of carbonyl (C=O) groups excluding carboxylic acids is 2. The Bertz CT molecular complexity index is 512. The Balaban J connectivity index is 2.53. The third kappa shape index (κ3) is 5.55. The Morgan fingerprint density at radius 1 is 1.33 bits per heavy atom. The molecular formula is C16H25N3O2. The first-order valence-corrected chi connectivity index (χ1v) is 7.17. The molecule has 1 aromatic carbocycles. The van der Waals surface area contributed by atoms with Crippen LogP contribution in [0.4, 0.5) is 5.69 Å². The zero-order valence-corrected chi connectivity index (χ0v) is 13.3. The highest BCUT2D eigenvalue weighted by Gasteiger charge is 2.14. The van der Waals surface area contributed by atoms with Gasteiger partial charge < -0.3 is 16.0 Å². The van der Waals surface area contributed by atoms with Crippen LogP contribution in [0.1, 0.15) is 30.9 Å². The third-order valence-electron chi connectivity index (χ3n) is 3.50. The van der Waals surface area contributed by atoms with Crippen molar-refractivity contribution in [2.24, 2.45) is 5.73 Å². The molecule has 1 rings (SSSR count). The van der Waals surface area contributed by atoms with Crippen LogP contribution < -0.4 is 11.1 Å². The summed E-state index contributed by atoms with van der Waals surface area (Å²) in [5, 5.41) is 2.84. The Morgan fingerprint density at radius 3 is 2.62 bits per heavy atom. The second kappa shape index (κ2) is 7.78. The Morgan fingerprint density at radius 2 is 2.00 bits per heavy atom. The summed E-state index contributed by atoms with van der Waals surface area (Å²) in [5.74, 6) is -0.260. The van der Waals surface area contributed by atoms with E-state index >= 15 is 0 Å². The quantitative estimate of drug-likeness (QED) is 0.839. The molecule has 5 nitrogen and oxygen atoms in total. The molecule has 1 aromatic rings. The number of aryl methyl sites for hydroxylation is 1. The Kier molecular flexibility index (Phi) is 6.37. The lowest BCUT2D eigenvalue weighted by atomic mass is 10.1. The van der Waals surface area contributed by atoms with E-state index in [1.165, 1.54) is 4.90 Å². The number of nitrogens with zero attached hydrogens (tertiary/aromatic N) is 1. The molecular weight excluding hydrogens is 266 g/mol. The molecule has 0 saturated carbocycles. The minimum Gasteiger partial charge on any atom is -0.336 e. The number of benzene rings is 1. The molecule has 0 bridgehead atoms. The van der Waals surface area contributed by atoms with Crippen LogP contribution in [-0.2, 0) is 9.59 Å². The van der Waals surface area contributed by atoms with Crippen LogP contribution in [-0.4, -0.2) is 36.3 Å². The number of hydrogen-bond donors (Lipinski definition) is 2. The molecule has 0 heterocycles. The number of hydrogen-bond acceptors (Lipinski definition) is 3. The molecule has 0 aliphatic heterocycles. The summed E-state index contributed by atoms with van der Waals surface area (Å²) in [4.78, 5) is 25.3. The van der Waals surface area contributed by atoms with Crippen molar-refractivity contribution < 1.29 is 9.59 Å². The van der Waals surface area contributed by atoms with Crippen molar-refractivity contribution >= 4 is 17.5 Å². The van der Waals surface area contributed by atoms with Crippen LogP contribution in [0, 0.1) is 13.8 Å². The van der Waals surface area contributed by atoms with E-state index in [0.717, 1.165) is 16.8 Å². The van der Waals surface area contributed by atoms with Gasteiger partial charge in [0, 0.05) is 25.2 Å². The standard InChI is InChI=1S/C16H25N3O2/c1-11-6-5-7-14(13(11)3)18-15(20)10-19(4)16(21)9-8-12(2)17/h5-7,12H,8-10,17H2,1-4H3,(H,18,20). The van der Waals surface area contributed by atoms with Crippen molar-refractivity contribution in [1.82, 2.24) is 4.90 Å². The lowest BCUT2D eigenvalue weighted by Crippen LogP contribution is -2.35. The summed E-state index contributed by atoms with van der Waals surface area (Å²) in [6.07, 6.45) is 0.993. The van der Waals surface area contributed by atoms with Gasteiger partial charge in [0.25, 0.3) is 0 Å². The summed E-state index contributed by atoms with van der Waals surface area (Å²) in [6, 6.07) is 5.74. The first-order chi connectivity index (χ1) is 9.81. The minimum atomic E-state index is -0.194. The second-order valence-corrected chi connectivity index (χ2v) is 5.56. The van der Waals surface area contributed by atoms with Gasteiger partial charge in [0.05, 0.1) is 6.54 Å². The molecule has 3 N–H and O–H groups in total. The van der Waals surface area contributed by atoms with Crippen LogP contribution >= 0.6 is 0 Å². The van der Waals surface area contributed by atoms with Crippen molar-refractivity contribution in [3.05, 3.63) is 29.3 Å². The van der Waals surface area contributed by atoms with Crippen molar-refractivity contribution in [3.63, 3.8) is 0 Å². The van der Waals surface area contributed by atoms with Crippen LogP contribution in [0.5, 0.6) is 0 Å². The summed E-state index contributed by atoms with van der Waals surface area (Å²) in [7, 11) is 1.63. The molecule has 1 unspecified atom stereocenters. The molecule has 0 aliphatic carbocycles. The number of nitrogens with two attached hydrogens (primary N) is 1. The molecule has 0 fully saturated rings. The van der Waals surface area contributed by atoms with Gasteiger partial charge in [-0.15, -0.1) is 0 Å². The number of carbonyl (C=O) groups is 2. The van der Waals surface area contributed by atoms with E-state index in [1.807, 2.05) is 39.0 Å². The smallest absolute Gasteiger partial charge is 0.243 e. The number of likely N-dealkylation sites (N-methyl/N-ethyl adjacent to an activating group) is 1. The van der Waals surface area contributed by atoms with Gasteiger partial charge in [0.15, 0.2) is 0 Å². The average molecular weight is 291 g/mol. The fourth-order valence-corrected chi connectivity index (χ4v) is 1.92. The molecule has 0 radical (unpaired) electrons. The number of nitrogens with one attached hydrogen (secondary N) is 1. The molecule has 0 aromatic heterocycles. The zero-order chi connectivity index (χ0) is 16.0. The van der Waals surface area contributed by atoms with E-state index in [4.69, 9.17) is 5.73 Å². The van der Waals surface area contributed by atoms with Gasteiger partial charge in [0.2, 0.25) is 11.8 Å². The topological polar surface area (TPSA) is 75.4 Å². The number of anilines is 1. The molecule has 0 saturated heterocycles. The zero-order valence-electron chi connectivity index (χ0n) is 13.3. The van der Waals surface area contributed by atoms with E-state index < -0.39 is 0 Å². The Labute approximate surface area is 126 Å². The van der Waals surface area contributed by atoms with Gasteiger partial charge in [-0.05, 0) is 44.4 Å². The fourth-order valence-electron chi connectivity index (χ4n) is 1.92.